The van der Waals surface area contributed by atoms with Gasteiger partial charge in [-0.05, 0) is 61.4 Å². The number of nitrogens with zero attached hydrogens (tertiary/aromatic N) is 1. The SMILES string of the molecule is C=CCNC(=O)Nc1ccc(NC(=O)C2CCN(C(=O)c3ccc(C(F)(F)F)cc3)CC2)cc1. The number of amides is 4. The average molecular weight is 474 g/mol. The van der Waals surface area contributed by atoms with E-state index in [1.807, 2.05) is 0 Å². The predicted octanol–water partition coefficient (Wildman–Crippen LogP) is 4.50. The lowest BCUT2D eigenvalue weighted by Crippen LogP contribution is -2.41. The van der Waals surface area contributed by atoms with Crippen molar-refractivity contribution in [2.75, 3.05) is 30.3 Å². The van der Waals surface area contributed by atoms with Crippen molar-refractivity contribution >= 4 is 29.2 Å². The van der Waals surface area contributed by atoms with E-state index >= 15 is 0 Å². The van der Waals surface area contributed by atoms with Crippen molar-refractivity contribution < 1.29 is 27.6 Å². The normalized spacial score (nSPS) is 14.3. The highest BCUT2D eigenvalue weighted by atomic mass is 19.4. The zero-order chi connectivity index (χ0) is 24.7. The molecule has 0 spiro atoms. The van der Waals surface area contributed by atoms with Crippen LogP contribution in [-0.4, -0.2) is 42.4 Å². The summed E-state index contributed by atoms with van der Waals surface area (Å²) in [7, 11) is 0. The minimum atomic E-state index is -4.45. The van der Waals surface area contributed by atoms with E-state index < -0.39 is 11.7 Å². The van der Waals surface area contributed by atoms with Crippen LogP contribution in [0.1, 0.15) is 28.8 Å². The molecule has 34 heavy (non-hydrogen) atoms. The fourth-order valence-electron chi connectivity index (χ4n) is 3.55. The molecule has 2 aromatic carbocycles. The maximum absolute atomic E-state index is 12.7. The fraction of sp³-hybridized carbons (Fsp3) is 0.292. The van der Waals surface area contributed by atoms with Crippen LogP contribution in [0, 0.1) is 5.92 Å². The molecule has 0 saturated carbocycles. The zero-order valence-electron chi connectivity index (χ0n) is 18.3. The summed E-state index contributed by atoms with van der Waals surface area (Å²) in [6, 6.07) is 10.4. The number of anilines is 2. The quantitative estimate of drug-likeness (QED) is 0.539. The highest BCUT2D eigenvalue weighted by Gasteiger charge is 2.31. The maximum atomic E-state index is 12.7. The van der Waals surface area contributed by atoms with Gasteiger partial charge in [-0.3, -0.25) is 9.59 Å². The van der Waals surface area contributed by atoms with Crippen LogP contribution in [0.15, 0.2) is 61.2 Å². The number of hydrogen-bond donors (Lipinski definition) is 3. The van der Waals surface area contributed by atoms with Gasteiger partial charge in [0.25, 0.3) is 5.91 Å². The first-order valence-corrected chi connectivity index (χ1v) is 10.7. The Morgan fingerprint density at radius 3 is 2.03 bits per heavy atom. The third-order valence-corrected chi connectivity index (χ3v) is 5.43. The number of piperidine rings is 1. The van der Waals surface area contributed by atoms with Gasteiger partial charge in [-0.15, -0.1) is 6.58 Å². The van der Waals surface area contributed by atoms with Gasteiger partial charge in [0.1, 0.15) is 0 Å². The molecule has 3 N–H and O–H groups in total. The molecule has 7 nitrogen and oxygen atoms in total. The lowest BCUT2D eigenvalue weighted by molar-refractivity contribution is -0.137. The van der Waals surface area contributed by atoms with Crippen LogP contribution < -0.4 is 16.0 Å². The van der Waals surface area contributed by atoms with Crippen LogP contribution in [0.5, 0.6) is 0 Å². The third kappa shape index (κ3) is 6.60. The van der Waals surface area contributed by atoms with E-state index in [0.717, 1.165) is 12.1 Å². The van der Waals surface area contributed by atoms with Crippen LogP contribution in [0.2, 0.25) is 0 Å². The van der Waals surface area contributed by atoms with Gasteiger partial charge in [-0.2, -0.15) is 13.2 Å². The Hall–Kier alpha value is -3.82. The summed E-state index contributed by atoms with van der Waals surface area (Å²) in [5, 5.41) is 8.08. The zero-order valence-corrected chi connectivity index (χ0v) is 18.3. The van der Waals surface area contributed by atoms with Crippen molar-refractivity contribution in [3.05, 3.63) is 72.3 Å². The molecule has 0 aromatic heterocycles. The van der Waals surface area contributed by atoms with E-state index in [0.29, 0.717) is 43.9 Å². The Morgan fingerprint density at radius 1 is 0.941 bits per heavy atom. The molecule has 1 heterocycles. The lowest BCUT2D eigenvalue weighted by atomic mass is 9.95. The van der Waals surface area contributed by atoms with Gasteiger partial charge in [0.05, 0.1) is 5.56 Å². The summed E-state index contributed by atoms with van der Waals surface area (Å²) < 4.78 is 38.1. The maximum Gasteiger partial charge on any atom is 0.416 e. The van der Waals surface area contributed by atoms with E-state index in [-0.39, 0.29) is 29.3 Å². The second kappa shape index (κ2) is 10.9. The number of carbonyl (C=O) groups is 3. The Balaban J connectivity index is 1.48. The molecular formula is C24H25F3N4O3. The molecule has 1 saturated heterocycles. The van der Waals surface area contributed by atoms with Crippen molar-refractivity contribution in [3.8, 4) is 0 Å². The topological polar surface area (TPSA) is 90.5 Å². The molecule has 3 rings (SSSR count). The first-order valence-electron chi connectivity index (χ1n) is 10.7. The molecule has 0 unspecified atom stereocenters. The minimum absolute atomic E-state index is 0.175. The second-order valence-electron chi connectivity index (χ2n) is 7.83. The van der Waals surface area contributed by atoms with Gasteiger partial charge in [-0.25, -0.2) is 4.79 Å². The van der Waals surface area contributed by atoms with Crippen LogP contribution in [-0.2, 0) is 11.0 Å². The lowest BCUT2D eigenvalue weighted by Gasteiger charge is -2.31. The van der Waals surface area contributed by atoms with Gasteiger partial charge in [0.2, 0.25) is 5.91 Å². The van der Waals surface area contributed by atoms with Crippen LogP contribution in [0.25, 0.3) is 0 Å². The van der Waals surface area contributed by atoms with Gasteiger partial charge < -0.3 is 20.9 Å². The summed E-state index contributed by atoms with van der Waals surface area (Å²) in [6.45, 7) is 4.53. The molecule has 180 valence electrons. The third-order valence-electron chi connectivity index (χ3n) is 5.43. The van der Waals surface area contributed by atoms with Crippen LogP contribution >= 0.6 is 0 Å². The number of rotatable bonds is 6. The summed E-state index contributed by atoms with van der Waals surface area (Å²) in [6.07, 6.45) is -2.00. The van der Waals surface area contributed by atoms with Crippen molar-refractivity contribution in [2.45, 2.75) is 19.0 Å². The first-order chi connectivity index (χ1) is 16.2. The highest BCUT2D eigenvalue weighted by molar-refractivity contribution is 5.95. The van der Waals surface area contributed by atoms with E-state index in [9.17, 15) is 27.6 Å². The van der Waals surface area contributed by atoms with Gasteiger partial charge in [0.15, 0.2) is 0 Å². The van der Waals surface area contributed by atoms with Gasteiger partial charge in [-0.1, -0.05) is 6.08 Å². The highest BCUT2D eigenvalue weighted by Crippen LogP contribution is 2.29. The molecule has 1 aliphatic rings. The molecular weight excluding hydrogens is 449 g/mol. The van der Waals surface area contributed by atoms with Gasteiger partial charge >= 0.3 is 12.2 Å². The number of urea groups is 1. The van der Waals surface area contributed by atoms with Crippen molar-refractivity contribution in [3.63, 3.8) is 0 Å². The minimum Gasteiger partial charge on any atom is -0.339 e. The average Bonchev–Trinajstić information content (AvgIpc) is 2.83. The Bertz CT molecular complexity index is 1030. The standard InChI is InChI=1S/C24H25F3N4O3/c1-2-13-28-23(34)30-20-9-7-19(8-10-20)29-21(32)16-11-14-31(15-12-16)22(33)17-3-5-18(6-4-17)24(25,26)27/h2-10,16H,1,11-15H2,(H,29,32)(H2,28,30,34). The number of carbonyl (C=O) groups excluding carboxylic acids is 3. The van der Waals surface area contributed by atoms with Gasteiger partial charge in [0, 0.05) is 42.5 Å². The number of halogens is 3. The summed E-state index contributed by atoms with van der Waals surface area (Å²) >= 11 is 0. The molecule has 10 heteroatoms. The van der Waals surface area contributed by atoms with Crippen LogP contribution in [0.3, 0.4) is 0 Å². The Labute approximate surface area is 195 Å². The van der Waals surface area contributed by atoms with E-state index in [1.165, 1.54) is 12.1 Å². The molecule has 1 aliphatic heterocycles. The number of hydrogen-bond acceptors (Lipinski definition) is 3. The first kappa shape index (κ1) is 24.8. The Morgan fingerprint density at radius 2 is 1.50 bits per heavy atom. The molecule has 4 amide bonds. The summed E-state index contributed by atoms with van der Waals surface area (Å²) in [5.74, 6) is -0.821. The Kier molecular flexibility index (Phi) is 7.93. The molecule has 0 radical (unpaired) electrons. The molecule has 0 atom stereocenters. The number of alkyl halides is 3. The predicted molar refractivity (Wildman–Crippen MR) is 122 cm³/mol. The smallest absolute Gasteiger partial charge is 0.339 e. The number of benzene rings is 2. The van der Waals surface area contributed by atoms with E-state index in [1.54, 1.807) is 35.2 Å². The molecule has 2 aromatic rings. The molecule has 1 fully saturated rings. The largest absolute Gasteiger partial charge is 0.416 e. The van der Waals surface area contributed by atoms with Crippen molar-refractivity contribution in [2.24, 2.45) is 5.92 Å². The monoisotopic (exact) mass is 474 g/mol. The second-order valence-corrected chi connectivity index (χ2v) is 7.83. The fourth-order valence-corrected chi connectivity index (χ4v) is 3.55. The van der Waals surface area contributed by atoms with Crippen molar-refractivity contribution in [1.29, 1.82) is 0 Å². The number of likely N-dealkylation sites (tertiary alicyclic amines) is 1. The number of nitrogens with one attached hydrogen (secondary N) is 3. The summed E-state index contributed by atoms with van der Waals surface area (Å²) in [4.78, 5) is 38.4. The van der Waals surface area contributed by atoms with E-state index in [2.05, 4.69) is 22.5 Å². The molecule has 0 bridgehead atoms. The van der Waals surface area contributed by atoms with Crippen LogP contribution in [0.4, 0.5) is 29.3 Å². The van der Waals surface area contributed by atoms with Crippen molar-refractivity contribution in [1.82, 2.24) is 10.2 Å². The molecule has 0 aliphatic carbocycles. The van der Waals surface area contributed by atoms with E-state index in [4.69, 9.17) is 0 Å². The summed E-state index contributed by atoms with van der Waals surface area (Å²) in [5.41, 5.74) is 0.516.